The first-order valence-electron chi connectivity index (χ1n) is 5.86. The van der Waals surface area contributed by atoms with Crippen LogP contribution in [0.1, 0.15) is 26.6 Å². The highest BCUT2D eigenvalue weighted by Crippen LogP contribution is 2.06. The fraction of sp³-hybridized carbons (Fsp3) is 0.700. The zero-order valence-corrected chi connectivity index (χ0v) is 11.6. The lowest BCUT2D eigenvalue weighted by Crippen LogP contribution is -2.35. The third-order valence-electron chi connectivity index (χ3n) is 2.55. The summed E-state index contributed by atoms with van der Waals surface area (Å²) >= 11 is 0. The van der Waals surface area contributed by atoms with Crippen molar-refractivity contribution in [1.29, 1.82) is 0 Å². The average molecular weight is 274 g/mol. The standard InChI is InChI=1S/C10H18N4O3S/c1-4-8-11-10(13-12-8)18(16,17)7-9(15)14(5-2)6-3/h4-7H2,1-3H3,(H,11,12,13). The topological polar surface area (TPSA) is 96.0 Å². The van der Waals surface area contributed by atoms with Crippen LogP contribution < -0.4 is 0 Å². The molecule has 0 spiro atoms. The van der Waals surface area contributed by atoms with Gasteiger partial charge in [0.25, 0.3) is 5.16 Å². The molecule has 0 aliphatic heterocycles. The third kappa shape index (κ3) is 3.28. The van der Waals surface area contributed by atoms with E-state index in [-0.39, 0.29) is 5.16 Å². The summed E-state index contributed by atoms with van der Waals surface area (Å²) in [6.45, 7) is 6.40. The van der Waals surface area contributed by atoms with Gasteiger partial charge in [0.1, 0.15) is 11.6 Å². The molecule has 0 aromatic carbocycles. The highest BCUT2D eigenvalue weighted by atomic mass is 32.2. The molecule has 8 heteroatoms. The summed E-state index contributed by atoms with van der Waals surface area (Å²) in [4.78, 5) is 17.1. The summed E-state index contributed by atoms with van der Waals surface area (Å²) in [5.74, 6) is -0.526. The normalized spacial score (nSPS) is 11.5. The summed E-state index contributed by atoms with van der Waals surface area (Å²) < 4.78 is 23.8. The van der Waals surface area contributed by atoms with Crippen molar-refractivity contribution in [3.8, 4) is 0 Å². The maximum absolute atomic E-state index is 11.9. The molecule has 7 nitrogen and oxygen atoms in total. The van der Waals surface area contributed by atoms with Crippen LogP contribution in [-0.2, 0) is 21.1 Å². The first-order chi connectivity index (χ1) is 8.44. The molecule has 1 N–H and O–H groups in total. The van der Waals surface area contributed by atoms with E-state index < -0.39 is 21.5 Å². The fourth-order valence-electron chi connectivity index (χ4n) is 1.47. The molecule has 0 aliphatic rings. The minimum Gasteiger partial charge on any atom is -0.342 e. The number of hydrogen-bond acceptors (Lipinski definition) is 5. The van der Waals surface area contributed by atoms with Gasteiger partial charge in [-0.2, -0.15) is 0 Å². The molecule has 1 rings (SSSR count). The molecule has 0 atom stereocenters. The van der Waals surface area contributed by atoms with E-state index in [1.807, 2.05) is 6.92 Å². The Morgan fingerprint density at radius 1 is 1.28 bits per heavy atom. The first kappa shape index (κ1) is 14.6. The number of sulfone groups is 1. The number of aryl methyl sites for hydroxylation is 1. The molecule has 102 valence electrons. The Labute approximate surface area is 107 Å². The number of aromatic nitrogens is 3. The van der Waals surface area contributed by atoms with Crippen molar-refractivity contribution in [2.24, 2.45) is 0 Å². The Bertz CT molecular complexity index is 505. The van der Waals surface area contributed by atoms with Crippen molar-refractivity contribution in [2.45, 2.75) is 32.3 Å². The van der Waals surface area contributed by atoms with Gasteiger partial charge < -0.3 is 4.90 Å². The Morgan fingerprint density at radius 2 is 1.89 bits per heavy atom. The van der Waals surface area contributed by atoms with Gasteiger partial charge in [-0.15, -0.1) is 5.10 Å². The molecule has 18 heavy (non-hydrogen) atoms. The van der Waals surface area contributed by atoms with E-state index in [9.17, 15) is 13.2 Å². The summed E-state index contributed by atoms with van der Waals surface area (Å²) in [7, 11) is -3.76. The van der Waals surface area contributed by atoms with Crippen LogP contribution in [-0.4, -0.2) is 53.2 Å². The molecule has 0 saturated carbocycles. The van der Waals surface area contributed by atoms with Gasteiger partial charge in [0, 0.05) is 19.5 Å². The molecular weight excluding hydrogens is 256 g/mol. The molecule has 0 saturated heterocycles. The average Bonchev–Trinajstić information content (AvgIpc) is 2.79. The molecule has 0 radical (unpaired) electrons. The number of H-pyrrole nitrogens is 1. The van der Waals surface area contributed by atoms with Gasteiger partial charge in [-0.05, 0) is 13.8 Å². The number of aromatic amines is 1. The lowest BCUT2D eigenvalue weighted by molar-refractivity contribution is -0.128. The summed E-state index contributed by atoms with van der Waals surface area (Å²) in [5, 5.41) is 5.85. The lowest BCUT2D eigenvalue weighted by Gasteiger charge is -2.17. The Kier molecular flexibility index (Phi) is 4.83. The van der Waals surface area contributed by atoms with E-state index in [1.54, 1.807) is 13.8 Å². The van der Waals surface area contributed by atoms with E-state index in [4.69, 9.17) is 0 Å². The fourth-order valence-corrected chi connectivity index (χ4v) is 2.54. The van der Waals surface area contributed by atoms with Crippen LogP contribution in [0.3, 0.4) is 0 Å². The molecule has 1 heterocycles. The number of hydrogen-bond donors (Lipinski definition) is 1. The van der Waals surface area contributed by atoms with Crippen LogP contribution in [0, 0.1) is 0 Å². The molecule has 0 aliphatic carbocycles. The minimum absolute atomic E-state index is 0.306. The first-order valence-corrected chi connectivity index (χ1v) is 7.51. The van der Waals surface area contributed by atoms with Crippen LogP contribution >= 0.6 is 0 Å². The monoisotopic (exact) mass is 274 g/mol. The Hall–Kier alpha value is -1.44. The number of rotatable bonds is 6. The molecule has 1 aromatic heterocycles. The summed E-state index contributed by atoms with van der Waals surface area (Å²) in [6, 6.07) is 0. The molecule has 1 aromatic rings. The van der Waals surface area contributed by atoms with Crippen LogP contribution in [0.4, 0.5) is 0 Å². The quantitative estimate of drug-likeness (QED) is 0.788. The predicted octanol–water partition coefficient (Wildman–Crippen LogP) is 0.00920. The SMILES string of the molecule is CCc1nc(S(=O)(=O)CC(=O)N(CC)CC)n[nH]1. The maximum Gasteiger partial charge on any atom is 0.267 e. The van der Waals surface area contributed by atoms with E-state index in [2.05, 4.69) is 15.2 Å². The van der Waals surface area contributed by atoms with Crippen molar-refractivity contribution in [1.82, 2.24) is 20.1 Å². The van der Waals surface area contributed by atoms with Crippen molar-refractivity contribution in [3.05, 3.63) is 5.82 Å². The van der Waals surface area contributed by atoms with Crippen LogP contribution in [0.25, 0.3) is 0 Å². The van der Waals surface area contributed by atoms with E-state index in [0.29, 0.717) is 25.3 Å². The molecule has 0 fully saturated rings. The van der Waals surface area contributed by atoms with Gasteiger partial charge in [-0.1, -0.05) is 6.92 Å². The van der Waals surface area contributed by atoms with Gasteiger partial charge in [-0.3, -0.25) is 9.89 Å². The highest BCUT2D eigenvalue weighted by Gasteiger charge is 2.25. The van der Waals surface area contributed by atoms with Gasteiger partial charge in [0.05, 0.1) is 0 Å². The van der Waals surface area contributed by atoms with E-state index >= 15 is 0 Å². The zero-order chi connectivity index (χ0) is 13.8. The number of carbonyl (C=O) groups excluding carboxylic acids is 1. The maximum atomic E-state index is 11.9. The lowest BCUT2D eigenvalue weighted by atomic mass is 10.5. The summed E-state index contributed by atoms with van der Waals surface area (Å²) in [6.07, 6.45) is 0.562. The number of carbonyl (C=O) groups is 1. The zero-order valence-electron chi connectivity index (χ0n) is 10.8. The predicted molar refractivity (Wildman–Crippen MR) is 65.7 cm³/mol. The second-order valence-electron chi connectivity index (χ2n) is 3.74. The number of nitrogens with zero attached hydrogens (tertiary/aromatic N) is 3. The van der Waals surface area contributed by atoms with Crippen LogP contribution in [0.15, 0.2) is 5.16 Å². The smallest absolute Gasteiger partial charge is 0.267 e. The Morgan fingerprint density at radius 3 is 2.33 bits per heavy atom. The van der Waals surface area contributed by atoms with Crippen LogP contribution in [0.2, 0.25) is 0 Å². The second kappa shape index (κ2) is 5.94. The summed E-state index contributed by atoms with van der Waals surface area (Å²) in [5.41, 5.74) is 0. The van der Waals surface area contributed by atoms with Gasteiger partial charge in [0.15, 0.2) is 0 Å². The molecule has 0 bridgehead atoms. The van der Waals surface area contributed by atoms with Gasteiger partial charge in [0.2, 0.25) is 15.7 Å². The van der Waals surface area contributed by atoms with E-state index in [0.717, 1.165) is 0 Å². The van der Waals surface area contributed by atoms with Crippen molar-refractivity contribution in [3.63, 3.8) is 0 Å². The highest BCUT2D eigenvalue weighted by molar-refractivity contribution is 7.91. The van der Waals surface area contributed by atoms with Crippen molar-refractivity contribution >= 4 is 15.7 Å². The number of amides is 1. The van der Waals surface area contributed by atoms with Crippen LogP contribution in [0.5, 0.6) is 0 Å². The second-order valence-corrected chi connectivity index (χ2v) is 5.63. The van der Waals surface area contributed by atoms with Crippen molar-refractivity contribution < 1.29 is 13.2 Å². The Balaban J connectivity index is 2.85. The molecule has 0 unspecified atom stereocenters. The largest absolute Gasteiger partial charge is 0.342 e. The number of nitrogens with one attached hydrogen (secondary N) is 1. The van der Waals surface area contributed by atoms with E-state index in [1.165, 1.54) is 4.90 Å². The molecule has 1 amide bonds. The third-order valence-corrected chi connectivity index (χ3v) is 3.92. The van der Waals surface area contributed by atoms with Crippen molar-refractivity contribution in [2.75, 3.05) is 18.8 Å². The molecular formula is C10H18N4O3S. The van der Waals surface area contributed by atoms with Gasteiger partial charge in [-0.25, -0.2) is 13.4 Å². The minimum atomic E-state index is -3.76. The van der Waals surface area contributed by atoms with Gasteiger partial charge >= 0.3 is 0 Å².